The van der Waals surface area contributed by atoms with Crippen LogP contribution >= 0.6 is 0 Å². The van der Waals surface area contributed by atoms with Gasteiger partial charge in [0.05, 0.1) is 11.4 Å². The predicted molar refractivity (Wildman–Crippen MR) is 83.0 cm³/mol. The fourth-order valence-corrected chi connectivity index (χ4v) is 3.57. The van der Waals surface area contributed by atoms with Crippen LogP contribution < -0.4 is 16.0 Å². The van der Waals surface area contributed by atoms with E-state index in [1.807, 2.05) is 6.07 Å². The van der Waals surface area contributed by atoms with Crippen LogP contribution in [0.25, 0.3) is 0 Å². The topological polar surface area (TPSA) is 58.4 Å². The number of benzene rings is 1. The number of nitrogens with zero attached hydrogens (tertiary/aromatic N) is 1. The number of piperidine rings is 1. The first-order chi connectivity index (χ1) is 9.52. The number of carbonyl (C=O) groups is 1. The van der Waals surface area contributed by atoms with E-state index >= 15 is 0 Å². The van der Waals surface area contributed by atoms with Gasteiger partial charge in [-0.2, -0.15) is 0 Å². The molecule has 0 radical (unpaired) electrons. The number of amides is 1. The monoisotopic (exact) mass is 273 g/mol. The smallest absolute Gasteiger partial charge is 0.224 e. The zero-order valence-corrected chi connectivity index (χ0v) is 12.3. The van der Waals surface area contributed by atoms with Crippen LogP contribution in [0, 0.1) is 11.8 Å². The molecule has 1 aromatic carbocycles. The van der Waals surface area contributed by atoms with Gasteiger partial charge in [-0.1, -0.05) is 13.8 Å². The van der Waals surface area contributed by atoms with Gasteiger partial charge in [0.15, 0.2) is 0 Å². The van der Waals surface area contributed by atoms with Crippen LogP contribution in [0.5, 0.6) is 0 Å². The second-order valence-electron chi connectivity index (χ2n) is 6.47. The number of nitrogens with one attached hydrogen (secondary N) is 1. The van der Waals surface area contributed by atoms with Crippen molar-refractivity contribution in [1.29, 1.82) is 0 Å². The van der Waals surface area contributed by atoms with Crippen LogP contribution in [0.4, 0.5) is 17.1 Å². The number of fused-ring (bicyclic) bond motifs is 1. The Hall–Kier alpha value is -1.71. The number of hydrogen-bond acceptors (Lipinski definition) is 3. The number of carbonyl (C=O) groups excluding carboxylic acids is 1. The largest absolute Gasteiger partial charge is 0.397 e. The van der Waals surface area contributed by atoms with Crippen molar-refractivity contribution in [3.05, 3.63) is 17.7 Å². The molecule has 3 N–H and O–H groups in total. The Morgan fingerprint density at radius 1 is 1.20 bits per heavy atom. The number of hydrogen-bond donors (Lipinski definition) is 2. The lowest BCUT2D eigenvalue weighted by molar-refractivity contribution is -0.116. The Morgan fingerprint density at radius 3 is 2.60 bits per heavy atom. The Morgan fingerprint density at radius 2 is 1.90 bits per heavy atom. The summed E-state index contributed by atoms with van der Waals surface area (Å²) in [5.41, 5.74) is 10.2. The number of nitrogen functional groups attached to an aromatic ring is 1. The van der Waals surface area contributed by atoms with Crippen molar-refractivity contribution in [3.63, 3.8) is 0 Å². The van der Waals surface area contributed by atoms with E-state index in [1.165, 1.54) is 12.0 Å². The van der Waals surface area contributed by atoms with Gasteiger partial charge in [0.2, 0.25) is 5.91 Å². The molecule has 20 heavy (non-hydrogen) atoms. The average molecular weight is 273 g/mol. The van der Waals surface area contributed by atoms with E-state index in [0.29, 0.717) is 18.3 Å². The Bertz CT molecular complexity index is 531. The van der Waals surface area contributed by atoms with Crippen molar-refractivity contribution in [1.82, 2.24) is 0 Å². The molecule has 4 nitrogen and oxygen atoms in total. The molecule has 2 aliphatic rings. The highest BCUT2D eigenvalue weighted by atomic mass is 16.1. The minimum atomic E-state index is 0.0878. The highest BCUT2D eigenvalue weighted by Crippen LogP contribution is 2.35. The van der Waals surface area contributed by atoms with Crippen LogP contribution in [-0.2, 0) is 11.2 Å². The molecular weight excluding hydrogens is 250 g/mol. The van der Waals surface area contributed by atoms with Gasteiger partial charge in [-0.3, -0.25) is 4.79 Å². The molecule has 3 rings (SSSR count). The van der Waals surface area contributed by atoms with Crippen LogP contribution in [-0.4, -0.2) is 19.0 Å². The van der Waals surface area contributed by atoms with Gasteiger partial charge in [0.25, 0.3) is 0 Å². The minimum absolute atomic E-state index is 0.0878. The highest BCUT2D eigenvalue weighted by molar-refractivity contribution is 5.95. The summed E-state index contributed by atoms with van der Waals surface area (Å²) in [5, 5.41) is 2.91. The molecular formula is C16H23N3O. The molecule has 0 aromatic heterocycles. The molecule has 1 fully saturated rings. The second-order valence-corrected chi connectivity index (χ2v) is 6.47. The molecule has 108 valence electrons. The Kier molecular flexibility index (Phi) is 3.32. The third-order valence-corrected chi connectivity index (χ3v) is 4.36. The molecule has 2 atom stereocenters. The zero-order chi connectivity index (χ0) is 14.3. The first-order valence-electron chi connectivity index (χ1n) is 7.50. The van der Waals surface area contributed by atoms with Gasteiger partial charge in [-0.25, -0.2) is 0 Å². The van der Waals surface area contributed by atoms with Crippen molar-refractivity contribution in [2.45, 2.75) is 33.1 Å². The van der Waals surface area contributed by atoms with Gasteiger partial charge in [0, 0.05) is 25.2 Å². The fourth-order valence-electron chi connectivity index (χ4n) is 3.57. The number of anilines is 3. The molecule has 0 bridgehead atoms. The summed E-state index contributed by atoms with van der Waals surface area (Å²) >= 11 is 0. The van der Waals surface area contributed by atoms with Crippen molar-refractivity contribution >= 4 is 23.0 Å². The van der Waals surface area contributed by atoms with E-state index in [-0.39, 0.29) is 5.91 Å². The van der Waals surface area contributed by atoms with Gasteiger partial charge in [-0.15, -0.1) is 0 Å². The van der Waals surface area contributed by atoms with E-state index in [0.717, 1.165) is 36.6 Å². The molecule has 2 unspecified atom stereocenters. The molecule has 1 amide bonds. The summed E-state index contributed by atoms with van der Waals surface area (Å²) in [7, 11) is 0. The molecule has 2 heterocycles. The van der Waals surface area contributed by atoms with E-state index in [4.69, 9.17) is 5.73 Å². The maximum atomic E-state index is 11.4. The summed E-state index contributed by atoms with van der Waals surface area (Å²) in [4.78, 5) is 13.9. The van der Waals surface area contributed by atoms with Gasteiger partial charge in [0.1, 0.15) is 0 Å². The molecule has 0 spiro atoms. The van der Waals surface area contributed by atoms with Crippen molar-refractivity contribution in [3.8, 4) is 0 Å². The van der Waals surface area contributed by atoms with Gasteiger partial charge < -0.3 is 16.0 Å². The SMILES string of the molecule is CC1CC(C)CN(c2cc3c(cc2N)NC(=O)CC3)C1. The van der Waals surface area contributed by atoms with Crippen LogP contribution in [0.1, 0.15) is 32.3 Å². The molecule has 4 heteroatoms. The third kappa shape index (κ3) is 2.47. The quantitative estimate of drug-likeness (QED) is 0.773. The van der Waals surface area contributed by atoms with Gasteiger partial charge >= 0.3 is 0 Å². The summed E-state index contributed by atoms with van der Waals surface area (Å²) in [6.45, 7) is 6.74. The van der Waals surface area contributed by atoms with E-state index in [2.05, 4.69) is 30.1 Å². The highest BCUT2D eigenvalue weighted by Gasteiger charge is 2.25. The zero-order valence-electron chi connectivity index (χ0n) is 12.3. The lowest BCUT2D eigenvalue weighted by Crippen LogP contribution is -2.39. The first kappa shape index (κ1) is 13.3. The van der Waals surface area contributed by atoms with E-state index < -0.39 is 0 Å². The van der Waals surface area contributed by atoms with Crippen molar-refractivity contribution in [2.24, 2.45) is 11.8 Å². The minimum Gasteiger partial charge on any atom is -0.397 e. The second kappa shape index (κ2) is 5.00. The fraction of sp³-hybridized carbons (Fsp3) is 0.562. The molecule has 0 aliphatic carbocycles. The van der Waals surface area contributed by atoms with Crippen LogP contribution in [0.15, 0.2) is 12.1 Å². The van der Waals surface area contributed by atoms with Crippen LogP contribution in [0.2, 0.25) is 0 Å². The third-order valence-electron chi connectivity index (χ3n) is 4.36. The number of nitrogens with two attached hydrogens (primary N) is 1. The predicted octanol–water partition coefficient (Wildman–Crippen LogP) is 2.64. The first-order valence-corrected chi connectivity index (χ1v) is 7.50. The van der Waals surface area contributed by atoms with E-state index in [9.17, 15) is 4.79 Å². The van der Waals surface area contributed by atoms with E-state index in [1.54, 1.807) is 0 Å². The molecule has 1 saturated heterocycles. The summed E-state index contributed by atoms with van der Waals surface area (Å²) in [6, 6.07) is 4.10. The lowest BCUT2D eigenvalue weighted by Gasteiger charge is -2.37. The Balaban J connectivity index is 1.92. The lowest BCUT2D eigenvalue weighted by atomic mass is 9.91. The van der Waals surface area contributed by atoms with Crippen molar-refractivity contribution < 1.29 is 4.79 Å². The standard InChI is InChI=1S/C16H23N3O/c1-10-5-11(2)9-19(8-10)15-6-12-3-4-16(20)18-14(12)7-13(15)17/h6-7,10-11H,3-5,8-9,17H2,1-2H3,(H,18,20). The maximum Gasteiger partial charge on any atom is 0.224 e. The van der Waals surface area contributed by atoms with Gasteiger partial charge in [-0.05, 0) is 42.4 Å². The Labute approximate surface area is 120 Å². The average Bonchev–Trinajstić information content (AvgIpc) is 2.36. The normalized spacial score (nSPS) is 26.1. The van der Waals surface area contributed by atoms with Crippen LogP contribution in [0.3, 0.4) is 0 Å². The molecule has 0 saturated carbocycles. The summed E-state index contributed by atoms with van der Waals surface area (Å²) in [5.74, 6) is 1.49. The van der Waals surface area contributed by atoms with Crippen molar-refractivity contribution in [2.75, 3.05) is 29.0 Å². The number of rotatable bonds is 1. The molecule has 2 aliphatic heterocycles. The summed E-state index contributed by atoms with van der Waals surface area (Å²) < 4.78 is 0. The maximum absolute atomic E-state index is 11.4. The molecule has 1 aromatic rings. The number of aryl methyl sites for hydroxylation is 1. The summed E-state index contributed by atoms with van der Waals surface area (Å²) in [6.07, 6.45) is 2.67.